The van der Waals surface area contributed by atoms with Crippen LogP contribution < -0.4 is 10.9 Å². The van der Waals surface area contributed by atoms with Gasteiger partial charge in [-0.15, -0.1) is 0 Å². The standard InChI is InChI=1S/C15H18N4O4S/c1-4-8-19-11(20)7-6-10(18-19)13(21)17-15-16-9(3)12(24-15)14(22)23-5-2/h6-7H,4-5,8H2,1-3H3,(H,16,17,21). The number of ether oxygens (including phenoxy) is 1. The Labute approximate surface area is 142 Å². The summed E-state index contributed by atoms with van der Waals surface area (Å²) in [5, 5.41) is 6.89. The number of carbonyl (C=O) groups is 2. The van der Waals surface area contributed by atoms with Gasteiger partial charge in [-0.05, 0) is 26.3 Å². The minimum Gasteiger partial charge on any atom is -0.462 e. The van der Waals surface area contributed by atoms with Gasteiger partial charge < -0.3 is 4.74 Å². The molecule has 0 aliphatic heterocycles. The Bertz CT molecular complexity index is 812. The summed E-state index contributed by atoms with van der Waals surface area (Å²) in [4.78, 5) is 40.2. The molecule has 0 atom stereocenters. The summed E-state index contributed by atoms with van der Waals surface area (Å²) in [7, 11) is 0. The van der Waals surface area contributed by atoms with E-state index in [9.17, 15) is 14.4 Å². The number of aryl methyl sites for hydroxylation is 2. The van der Waals surface area contributed by atoms with Gasteiger partial charge in [0.05, 0.1) is 12.3 Å². The lowest BCUT2D eigenvalue weighted by molar-refractivity contribution is 0.0531. The van der Waals surface area contributed by atoms with Crippen molar-refractivity contribution in [2.24, 2.45) is 0 Å². The monoisotopic (exact) mass is 350 g/mol. The molecule has 2 aromatic rings. The van der Waals surface area contributed by atoms with Gasteiger partial charge in [-0.1, -0.05) is 18.3 Å². The van der Waals surface area contributed by atoms with E-state index in [1.807, 2.05) is 6.92 Å². The van der Waals surface area contributed by atoms with Crippen LogP contribution in [0.5, 0.6) is 0 Å². The van der Waals surface area contributed by atoms with Crippen molar-refractivity contribution in [1.29, 1.82) is 0 Å². The molecule has 0 radical (unpaired) electrons. The van der Waals surface area contributed by atoms with E-state index in [1.165, 1.54) is 16.8 Å². The number of nitrogens with one attached hydrogen (secondary N) is 1. The SMILES string of the molecule is CCCn1nc(C(=O)Nc2nc(C)c(C(=O)OCC)s2)ccc1=O. The summed E-state index contributed by atoms with van der Waals surface area (Å²) < 4.78 is 6.18. The molecule has 2 heterocycles. The average molecular weight is 350 g/mol. The van der Waals surface area contributed by atoms with Crippen molar-refractivity contribution in [2.45, 2.75) is 33.7 Å². The molecule has 9 heteroatoms. The molecular weight excluding hydrogens is 332 g/mol. The Kier molecular flexibility index (Phi) is 5.80. The van der Waals surface area contributed by atoms with Crippen molar-refractivity contribution in [3.8, 4) is 0 Å². The number of carbonyl (C=O) groups excluding carboxylic acids is 2. The lowest BCUT2D eigenvalue weighted by Crippen LogP contribution is -2.26. The lowest BCUT2D eigenvalue weighted by Gasteiger charge is -2.05. The predicted molar refractivity (Wildman–Crippen MR) is 89.5 cm³/mol. The van der Waals surface area contributed by atoms with E-state index in [-0.39, 0.29) is 23.0 Å². The molecule has 24 heavy (non-hydrogen) atoms. The van der Waals surface area contributed by atoms with Gasteiger partial charge in [0.25, 0.3) is 11.5 Å². The summed E-state index contributed by atoms with van der Waals surface area (Å²) >= 11 is 1.03. The van der Waals surface area contributed by atoms with E-state index < -0.39 is 11.9 Å². The van der Waals surface area contributed by atoms with Gasteiger partial charge >= 0.3 is 5.97 Å². The average Bonchev–Trinajstić information content (AvgIpc) is 2.90. The highest BCUT2D eigenvalue weighted by Crippen LogP contribution is 2.23. The molecule has 0 unspecified atom stereocenters. The highest BCUT2D eigenvalue weighted by atomic mass is 32.1. The Balaban J connectivity index is 2.18. The number of anilines is 1. The zero-order valence-corrected chi connectivity index (χ0v) is 14.5. The number of hydrogen-bond donors (Lipinski definition) is 1. The zero-order valence-electron chi connectivity index (χ0n) is 13.7. The Morgan fingerprint density at radius 2 is 2.08 bits per heavy atom. The summed E-state index contributed by atoms with van der Waals surface area (Å²) in [6.45, 7) is 5.99. The van der Waals surface area contributed by atoms with Gasteiger partial charge in [-0.2, -0.15) is 5.10 Å². The molecule has 8 nitrogen and oxygen atoms in total. The van der Waals surface area contributed by atoms with E-state index in [2.05, 4.69) is 15.4 Å². The van der Waals surface area contributed by atoms with Gasteiger partial charge in [-0.3, -0.25) is 14.9 Å². The third-order valence-corrected chi connectivity index (χ3v) is 4.07. The van der Waals surface area contributed by atoms with Crippen LogP contribution in [0.4, 0.5) is 5.13 Å². The summed E-state index contributed by atoms with van der Waals surface area (Å²) in [6.07, 6.45) is 0.729. The normalized spacial score (nSPS) is 10.5. The summed E-state index contributed by atoms with van der Waals surface area (Å²) in [6, 6.07) is 2.66. The first-order chi connectivity index (χ1) is 11.5. The maximum atomic E-state index is 12.3. The maximum absolute atomic E-state index is 12.3. The zero-order chi connectivity index (χ0) is 17.7. The Hall–Kier alpha value is -2.55. The van der Waals surface area contributed by atoms with Crippen molar-refractivity contribution >= 4 is 28.3 Å². The molecule has 0 bridgehead atoms. The molecule has 2 rings (SSSR count). The molecule has 0 saturated carbocycles. The van der Waals surface area contributed by atoms with E-state index in [0.717, 1.165) is 17.8 Å². The van der Waals surface area contributed by atoms with Crippen molar-refractivity contribution in [2.75, 3.05) is 11.9 Å². The van der Waals surface area contributed by atoms with Crippen LogP contribution in [-0.2, 0) is 11.3 Å². The van der Waals surface area contributed by atoms with E-state index in [1.54, 1.807) is 13.8 Å². The largest absolute Gasteiger partial charge is 0.462 e. The van der Waals surface area contributed by atoms with Crippen LogP contribution in [0.3, 0.4) is 0 Å². The molecule has 0 aromatic carbocycles. The van der Waals surface area contributed by atoms with Crippen LogP contribution in [0.25, 0.3) is 0 Å². The van der Waals surface area contributed by atoms with Crippen molar-refractivity contribution < 1.29 is 14.3 Å². The minimum absolute atomic E-state index is 0.105. The second kappa shape index (κ2) is 7.82. The smallest absolute Gasteiger partial charge is 0.350 e. The Morgan fingerprint density at radius 3 is 2.75 bits per heavy atom. The fourth-order valence-corrected chi connectivity index (χ4v) is 2.79. The van der Waals surface area contributed by atoms with Crippen molar-refractivity contribution in [1.82, 2.24) is 14.8 Å². The number of amides is 1. The van der Waals surface area contributed by atoms with Crippen LogP contribution in [0.2, 0.25) is 0 Å². The predicted octanol–water partition coefficient (Wildman–Crippen LogP) is 1.85. The van der Waals surface area contributed by atoms with Crippen molar-refractivity contribution in [3.05, 3.63) is 38.8 Å². The fraction of sp³-hybridized carbons (Fsp3) is 0.400. The van der Waals surface area contributed by atoms with Crippen LogP contribution in [0, 0.1) is 6.92 Å². The second-order valence-corrected chi connectivity index (χ2v) is 5.89. The Morgan fingerprint density at radius 1 is 1.33 bits per heavy atom. The highest BCUT2D eigenvalue weighted by Gasteiger charge is 2.18. The van der Waals surface area contributed by atoms with Crippen LogP contribution in [-0.4, -0.2) is 33.2 Å². The third kappa shape index (κ3) is 4.05. The van der Waals surface area contributed by atoms with Gasteiger partial charge in [0.2, 0.25) is 0 Å². The van der Waals surface area contributed by atoms with E-state index in [4.69, 9.17) is 4.74 Å². The van der Waals surface area contributed by atoms with Crippen molar-refractivity contribution in [3.63, 3.8) is 0 Å². The van der Waals surface area contributed by atoms with Gasteiger partial charge in [0.1, 0.15) is 10.6 Å². The van der Waals surface area contributed by atoms with Crippen LogP contribution >= 0.6 is 11.3 Å². The fourth-order valence-electron chi connectivity index (χ4n) is 1.94. The summed E-state index contributed by atoms with van der Waals surface area (Å²) in [5.41, 5.74) is 0.328. The maximum Gasteiger partial charge on any atom is 0.350 e. The molecule has 0 spiro atoms. The highest BCUT2D eigenvalue weighted by molar-refractivity contribution is 7.17. The number of esters is 1. The first-order valence-corrected chi connectivity index (χ1v) is 8.32. The van der Waals surface area contributed by atoms with Gasteiger partial charge in [0, 0.05) is 12.6 Å². The number of aromatic nitrogens is 3. The quantitative estimate of drug-likeness (QED) is 0.798. The van der Waals surface area contributed by atoms with E-state index >= 15 is 0 Å². The topological polar surface area (TPSA) is 103 Å². The van der Waals surface area contributed by atoms with E-state index in [0.29, 0.717) is 17.1 Å². The van der Waals surface area contributed by atoms with Crippen LogP contribution in [0.15, 0.2) is 16.9 Å². The number of hydrogen-bond acceptors (Lipinski definition) is 7. The molecule has 1 N–H and O–H groups in total. The second-order valence-electron chi connectivity index (χ2n) is 4.89. The molecule has 2 aromatic heterocycles. The minimum atomic E-state index is -0.496. The number of thiazole rings is 1. The number of rotatable bonds is 6. The molecule has 0 aliphatic rings. The molecular formula is C15H18N4O4S. The van der Waals surface area contributed by atoms with Gasteiger partial charge in [-0.25, -0.2) is 14.5 Å². The first kappa shape index (κ1) is 17.8. The molecule has 0 saturated heterocycles. The molecule has 0 aliphatic carbocycles. The van der Waals surface area contributed by atoms with Gasteiger partial charge in [0.15, 0.2) is 5.13 Å². The van der Waals surface area contributed by atoms with Crippen LogP contribution in [0.1, 0.15) is 46.1 Å². The first-order valence-electron chi connectivity index (χ1n) is 7.50. The molecule has 128 valence electrons. The summed E-state index contributed by atoms with van der Waals surface area (Å²) in [5.74, 6) is -0.966. The lowest BCUT2D eigenvalue weighted by atomic mass is 10.3. The third-order valence-electron chi connectivity index (χ3n) is 3.01. The molecule has 0 fully saturated rings. The molecule has 1 amide bonds. The number of nitrogens with zero attached hydrogens (tertiary/aromatic N) is 3.